The number of rotatable bonds is 5. The number of unbranched alkanes of at least 4 members (excludes halogenated alkanes) is 1. The summed E-state index contributed by atoms with van der Waals surface area (Å²) in [5.74, 6) is 0. The van der Waals surface area contributed by atoms with Crippen LogP contribution in [0.1, 0.15) is 39.0 Å². The van der Waals surface area contributed by atoms with Crippen LogP contribution in [0, 0.1) is 0 Å². The van der Waals surface area contributed by atoms with Crippen LogP contribution in [-0.2, 0) is 4.74 Å². The van der Waals surface area contributed by atoms with Crippen LogP contribution in [0.15, 0.2) is 0 Å². The molecule has 0 aromatic carbocycles. The lowest BCUT2D eigenvalue weighted by atomic mass is 10.0. The van der Waals surface area contributed by atoms with Crippen LogP contribution in [0.4, 0.5) is 0 Å². The topological polar surface area (TPSA) is 55.5 Å². The number of aliphatic hydroxyl groups excluding tert-OH is 1. The highest BCUT2D eigenvalue weighted by Crippen LogP contribution is 2.29. The highest BCUT2D eigenvalue weighted by Gasteiger charge is 2.35. The van der Waals surface area contributed by atoms with Crippen LogP contribution in [-0.4, -0.2) is 30.0 Å². The summed E-state index contributed by atoms with van der Waals surface area (Å²) in [7, 11) is 0. The Bertz CT molecular complexity index is 152. The van der Waals surface area contributed by atoms with Crippen molar-refractivity contribution >= 4 is 0 Å². The fourth-order valence-electron chi connectivity index (χ4n) is 1.79. The van der Waals surface area contributed by atoms with Gasteiger partial charge >= 0.3 is 0 Å². The first kappa shape index (κ1) is 11.0. The van der Waals surface area contributed by atoms with Crippen molar-refractivity contribution in [3.8, 4) is 0 Å². The van der Waals surface area contributed by atoms with Crippen LogP contribution >= 0.6 is 0 Å². The molecule has 1 fully saturated rings. The molecular weight excluding hydrogens is 166 g/mol. The summed E-state index contributed by atoms with van der Waals surface area (Å²) in [6.45, 7) is 3.07. The van der Waals surface area contributed by atoms with Crippen LogP contribution in [0.25, 0.3) is 0 Å². The Morgan fingerprint density at radius 1 is 1.62 bits per heavy atom. The van der Waals surface area contributed by atoms with E-state index in [1.54, 1.807) is 0 Å². The second kappa shape index (κ2) is 4.94. The third-order valence-corrected chi connectivity index (χ3v) is 2.76. The molecule has 0 saturated heterocycles. The van der Waals surface area contributed by atoms with Gasteiger partial charge in [-0.1, -0.05) is 13.3 Å². The quantitative estimate of drug-likeness (QED) is 0.632. The molecule has 3 heteroatoms. The first-order chi connectivity index (χ1) is 6.20. The second-order valence-electron chi connectivity index (χ2n) is 4.11. The molecule has 0 amide bonds. The van der Waals surface area contributed by atoms with Gasteiger partial charge in [0.1, 0.15) is 0 Å². The van der Waals surface area contributed by atoms with Crippen molar-refractivity contribution in [2.24, 2.45) is 5.73 Å². The zero-order chi connectivity index (χ0) is 9.73. The summed E-state index contributed by atoms with van der Waals surface area (Å²) in [6, 6.07) is 0. The summed E-state index contributed by atoms with van der Waals surface area (Å²) in [6.07, 6.45) is 5.27. The van der Waals surface area contributed by atoms with Gasteiger partial charge in [0, 0.05) is 12.1 Å². The minimum absolute atomic E-state index is 0.0840. The Balaban J connectivity index is 2.17. The Labute approximate surface area is 80.3 Å². The van der Waals surface area contributed by atoms with E-state index < -0.39 is 0 Å². The zero-order valence-corrected chi connectivity index (χ0v) is 8.46. The predicted molar refractivity (Wildman–Crippen MR) is 52.5 cm³/mol. The molecule has 78 valence electrons. The van der Waals surface area contributed by atoms with Crippen molar-refractivity contribution in [3.05, 3.63) is 0 Å². The number of nitrogens with two attached hydrogens (primary N) is 1. The summed E-state index contributed by atoms with van der Waals surface area (Å²) >= 11 is 0. The van der Waals surface area contributed by atoms with Gasteiger partial charge in [0.15, 0.2) is 0 Å². The van der Waals surface area contributed by atoms with Crippen molar-refractivity contribution in [1.82, 2.24) is 0 Å². The van der Waals surface area contributed by atoms with Gasteiger partial charge in [0.25, 0.3) is 0 Å². The van der Waals surface area contributed by atoms with Gasteiger partial charge in [-0.05, 0) is 25.7 Å². The lowest BCUT2D eigenvalue weighted by molar-refractivity contribution is 0.0488. The van der Waals surface area contributed by atoms with Crippen LogP contribution < -0.4 is 5.73 Å². The molecule has 2 atom stereocenters. The third-order valence-electron chi connectivity index (χ3n) is 2.76. The SMILES string of the molecule is CCCCOC1CCC(N)(CO)C1. The van der Waals surface area contributed by atoms with Crippen molar-refractivity contribution < 1.29 is 9.84 Å². The maximum Gasteiger partial charge on any atom is 0.0612 e. The first-order valence-electron chi connectivity index (χ1n) is 5.21. The molecule has 1 aliphatic carbocycles. The summed E-state index contributed by atoms with van der Waals surface area (Å²) in [4.78, 5) is 0. The summed E-state index contributed by atoms with van der Waals surface area (Å²) < 4.78 is 5.65. The number of hydrogen-bond acceptors (Lipinski definition) is 3. The average molecular weight is 187 g/mol. The van der Waals surface area contributed by atoms with E-state index in [1.165, 1.54) is 6.42 Å². The molecule has 0 bridgehead atoms. The van der Waals surface area contributed by atoms with Crippen LogP contribution in [0.3, 0.4) is 0 Å². The highest BCUT2D eigenvalue weighted by atomic mass is 16.5. The Morgan fingerprint density at radius 3 is 2.92 bits per heavy atom. The predicted octanol–water partition coefficient (Wildman–Crippen LogP) is 1.05. The molecule has 0 radical (unpaired) electrons. The van der Waals surface area contributed by atoms with E-state index in [0.717, 1.165) is 32.3 Å². The Kier molecular flexibility index (Phi) is 4.16. The Hall–Kier alpha value is -0.120. The fourth-order valence-corrected chi connectivity index (χ4v) is 1.79. The second-order valence-corrected chi connectivity index (χ2v) is 4.11. The molecule has 1 rings (SSSR count). The van der Waals surface area contributed by atoms with E-state index in [0.29, 0.717) is 0 Å². The maximum atomic E-state index is 9.03. The molecule has 13 heavy (non-hydrogen) atoms. The molecule has 2 unspecified atom stereocenters. The molecule has 3 N–H and O–H groups in total. The van der Waals surface area contributed by atoms with E-state index in [1.807, 2.05) is 0 Å². The van der Waals surface area contributed by atoms with Gasteiger partial charge in [-0.15, -0.1) is 0 Å². The van der Waals surface area contributed by atoms with Gasteiger partial charge in [-0.3, -0.25) is 0 Å². The van der Waals surface area contributed by atoms with Crippen molar-refractivity contribution in [2.75, 3.05) is 13.2 Å². The van der Waals surface area contributed by atoms with Crippen molar-refractivity contribution in [2.45, 2.75) is 50.7 Å². The molecule has 3 nitrogen and oxygen atoms in total. The lowest BCUT2D eigenvalue weighted by Gasteiger charge is -2.20. The van der Waals surface area contributed by atoms with E-state index in [2.05, 4.69) is 6.92 Å². The minimum atomic E-state index is -0.364. The molecule has 0 aromatic heterocycles. The van der Waals surface area contributed by atoms with Gasteiger partial charge < -0.3 is 15.6 Å². The molecule has 0 heterocycles. The standard InChI is InChI=1S/C10H21NO2/c1-2-3-6-13-9-4-5-10(11,7-9)8-12/h9,12H,2-8,11H2,1H3. The van der Waals surface area contributed by atoms with Crippen molar-refractivity contribution in [1.29, 1.82) is 0 Å². The maximum absolute atomic E-state index is 9.03. The number of aliphatic hydroxyl groups is 1. The van der Waals surface area contributed by atoms with Crippen molar-refractivity contribution in [3.63, 3.8) is 0 Å². The summed E-state index contributed by atoms with van der Waals surface area (Å²) in [5.41, 5.74) is 5.56. The smallest absolute Gasteiger partial charge is 0.0612 e. The lowest BCUT2D eigenvalue weighted by Crippen LogP contribution is -2.41. The monoisotopic (exact) mass is 187 g/mol. The first-order valence-corrected chi connectivity index (χ1v) is 5.21. The molecular formula is C10H21NO2. The van der Waals surface area contributed by atoms with Crippen LogP contribution in [0.2, 0.25) is 0 Å². The van der Waals surface area contributed by atoms with E-state index in [4.69, 9.17) is 15.6 Å². The molecule has 0 aromatic rings. The van der Waals surface area contributed by atoms with Gasteiger partial charge in [0.2, 0.25) is 0 Å². The van der Waals surface area contributed by atoms with Gasteiger partial charge in [-0.25, -0.2) is 0 Å². The van der Waals surface area contributed by atoms with Gasteiger partial charge in [0.05, 0.1) is 12.7 Å². The molecule has 0 spiro atoms. The number of ether oxygens (including phenoxy) is 1. The fraction of sp³-hybridized carbons (Fsp3) is 1.00. The molecule has 1 aliphatic rings. The van der Waals surface area contributed by atoms with E-state index in [-0.39, 0.29) is 18.2 Å². The number of hydrogen-bond donors (Lipinski definition) is 2. The Morgan fingerprint density at radius 2 is 2.38 bits per heavy atom. The minimum Gasteiger partial charge on any atom is -0.394 e. The normalized spacial score (nSPS) is 33.9. The third kappa shape index (κ3) is 3.25. The molecule has 1 saturated carbocycles. The zero-order valence-electron chi connectivity index (χ0n) is 8.46. The highest BCUT2D eigenvalue weighted by molar-refractivity contribution is 4.93. The molecule has 0 aliphatic heterocycles. The van der Waals surface area contributed by atoms with Crippen LogP contribution in [0.5, 0.6) is 0 Å². The van der Waals surface area contributed by atoms with E-state index >= 15 is 0 Å². The average Bonchev–Trinajstić information content (AvgIpc) is 2.50. The summed E-state index contributed by atoms with van der Waals surface area (Å²) in [5, 5.41) is 9.03. The largest absolute Gasteiger partial charge is 0.394 e. The van der Waals surface area contributed by atoms with E-state index in [9.17, 15) is 0 Å². The van der Waals surface area contributed by atoms with Gasteiger partial charge in [-0.2, -0.15) is 0 Å².